The molecule has 3 heterocycles. The van der Waals surface area contributed by atoms with Crippen molar-refractivity contribution in [2.75, 3.05) is 18.1 Å². The van der Waals surface area contributed by atoms with Gasteiger partial charge in [0, 0.05) is 24.3 Å². The molecule has 0 N–H and O–H groups in total. The lowest BCUT2D eigenvalue weighted by Crippen LogP contribution is -2.38. The Balaban J connectivity index is 1.42. The third-order valence-corrected chi connectivity index (χ3v) is 5.94. The molecule has 166 valence electrons. The van der Waals surface area contributed by atoms with Crippen LogP contribution in [-0.2, 0) is 22.5 Å². The van der Waals surface area contributed by atoms with Crippen LogP contribution in [0, 0.1) is 0 Å². The lowest BCUT2D eigenvalue weighted by molar-refractivity contribution is -0.121. The molecule has 7 heteroatoms. The molecule has 2 aromatic heterocycles. The predicted octanol–water partition coefficient (Wildman–Crippen LogP) is 4.25. The smallest absolute Gasteiger partial charge is 0.339 e. The number of benzene rings is 2. The molecular formula is C26H24N4O3. The van der Waals surface area contributed by atoms with Crippen molar-refractivity contribution in [2.45, 2.75) is 26.3 Å². The Morgan fingerprint density at radius 2 is 1.85 bits per heavy atom. The van der Waals surface area contributed by atoms with Crippen LogP contribution in [0.15, 0.2) is 66.9 Å². The maximum atomic E-state index is 13.1. The second-order valence-corrected chi connectivity index (χ2v) is 7.97. The maximum absolute atomic E-state index is 13.1. The molecule has 0 saturated heterocycles. The molecule has 33 heavy (non-hydrogen) atoms. The van der Waals surface area contributed by atoms with E-state index in [2.05, 4.69) is 5.10 Å². The van der Waals surface area contributed by atoms with Crippen LogP contribution >= 0.6 is 0 Å². The minimum absolute atomic E-state index is 0.228. The van der Waals surface area contributed by atoms with Crippen molar-refractivity contribution >= 4 is 28.6 Å². The number of esters is 1. The van der Waals surface area contributed by atoms with E-state index in [4.69, 9.17) is 9.72 Å². The quantitative estimate of drug-likeness (QED) is 0.434. The van der Waals surface area contributed by atoms with E-state index in [1.54, 1.807) is 21.8 Å². The number of carbonyl (C=O) groups excluding carboxylic acids is 2. The van der Waals surface area contributed by atoms with Crippen molar-refractivity contribution < 1.29 is 14.3 Å². The normalized spacial score (nSPS) is 13.1. The van der Waals surface area contributed by atoms with Gasteiger partial charge in [-0.15, -0.1) is 0 Å². The highest BCUT2D eigenvalue weighted by Crippen LogP contribution is 2.28. The molecule has 7 nitrogen and oxygen atoms in total. The molecule has 0 atom stereocenters. The van der Waals surface area contributed by atoms with E-state index in [1.807, 2.05) is 61.5 Å². The zero-order valence-corrected chi connectivity index (χ0v) is 18.4. The molecule has 4 aromatic rings. The highest BCUT2D eigenvalue weighted by atomic mass is 16.5. The second kappa shape index (κ2) is 8.86. The number of para-hydroxylation sites is 1. The Morgan fingerprint density at radius 1 is 1.06 bits per heavy atom. The summed E-state index contributed by atoms with van der Waals surface area (Å²) in [7, 11) is 0. The van der Waals surface area contributed by atoms with Gasteiger partial charge in [-0.1, -0.05) is 48.5 Å². The van der Waals surface area contributed by atoms with Crippen molar-refractivity contribution in [3.05, 3.63) is 78.0 Å². The number of fused-ring (bicyclic) bond motifs is 2. The molecular weight excluding hydrogens is 416 g/mol. The van der Waals surface area contributed by atoms with Crippen LogP contribution in [0.3, 0.4) is 0 Å². The number of amides is 1. The lowest BCUT2D eigenvalue weighted by atomic mass is 10.0. The first kappa shape index (κ1) is 20.9. The van der Waals surface area contributed by atoms with Gasteiger partial charge in [-0.25, -0.2) is 14.5 Å². The van der Waals surface area contributed by atoms with E-state index in [-0.39, 0.29) is 12.5 Å². The maximum Gasteiger partial charge on any atom is 0.339 e. The highest BCUT2D eigenvalue weighted by Gasteiger charge is 2.24. The number of aryl methyl sites for hydroxylation is 2. The van der Waals surface area contributed by atoms with Crippen LogP contribution in [-0.4, -0.2) is 39.8 Å². The average Bonchev–Trinajstić information content (AvgIpc) is 3.29. The predicted molar refractivity (Wildman–Crippen MR) is 126 cm³/mol. The Bertz CT molecular complexity index is 1330. The molecule has 0 bridgehead atoms. The molecule has 1 aliphatic heterocycles. The zero-order chi connectivity index (χ0) is 22.8. The summed E-state index contributed by atoms with van der Waals surface area (Å²) in [6.45, 7) is 2.89. The van der Waals surface area contributed by atoms with Gasteiger partial charge in [0.2, 0.25) is 0 Å². The van der Waals surface area contributed by atoms with Crippen LogP contribution in [0.2, 0.25) is 0 Å². The fourth-order valence-corrected chi connectivity index (χ4v) is 4.28. The van der Waals surface area contributed by atoms with Gasteiger partial charge < -0.3 is 9.64 Å². The largest absolute Gasteiger partial charge is 0.452 e. The molecule has 5 rings (SSSR count). The fraction of sp³-hybridized carbons (Fsp3) is 0.231. The van der Waals surface area contributed by atoms with E-state index in [0.717, 1.165) is 29.7 Å². The standard InChI is InChI=1S/C26H24N4O3/c1-2-30-25-21(16-27-30)20(15-22(28-25)18-9-4-3-5-10-18)26(32)33-17-24(31)29-14-8-12-19-11-6-7-13-23(19)29/h3-7,9-11,13,15-16H,2,8,12,14,17H2,1H3. The van der Waals surface area contributed by atoms with E-state index in [0.29, 0.717) is 35.4 Å². The number of aromatic nitrogens is 3. The summed E-state index contributed by atoms with van der Waals surface area (Å²) in [6, 6.07) is 19.2. The Morgan fingerprint density at radius 3 is 2.67 bits per heavy atom. The van der Waals surface area contributed by atoms with Crippen LogP contribution < -0.4 is 4.90 Å². The molecule has 0 radical (unpaired) electrons. The summed E-state index contributed by atoms with van der Waals surface area (Å²) in [5.41, 5.74) is 4.54. The van der Waals surface area contributed by atoms with Gasteiger partial charge in [0.1, 0.15) is 0 Å². The van der Waals surface area contributed by atoms with Gasteiger partial charge in [-0.2, -0.15) is 5.10 Å². The van der Waals surface area contributed by atoms with Gasteiger partial charge in [-0.05, 0) is 37.5 Å². The summed E-state index contributed by atoms with van der Waals surface area (Å²) >= 11 is 0. The topological polar surface area (TPSA) is 77.3 Å². The molecule has 0 fully saturated rings. The number of hydrogen-bond acceptors (Lipinski definition) is 5. The number of ether oxygens (including phenoxy) is 1. The Kier molecular flexibility index (Phi) is 5.60. The van der Waals surface area contributed by atoms with Crippen LogP contribution in [0.5, 0.6) is 0 Å². The first-order chi connectivity index (χ1) is 16.2. The van der Waals surface area contributed by atoms with Crippen LogP contribution in [0.25, 0.3) is 22.3 Å². The molecule has 1 aliphatic rings. The number of carbonyl (C=O) groups is 2. The number of hydrogen-bond donors (Lipinski definition) is 0. The monoisotopic (exact) mass is 440 g/mol. The van der Waals surface area contributed by atoms with E-state index in [9.17, 15) is 9.59 Å². The number of nitrogens with zero attached hydrogens (tertiary/aromatic N) is 4. The van der Waals surface area contributed by atoms with Gasteiger partial charge >= 0.3 is 5.97 Å². The van der Waals surface area contributed by atoms with Gasteiger partial charge in [0.25, 0.3) is 5.91 Å². The first-order valence-electron chi connectivity index (χ1n) is 11.1. The van der Waals surface area contributed by atoms with E-state index >= 15 is 0 Å². The minimum Gasteiger partial charge on any atom is -0.452 e. The van der Waals surface area contributed by atoms with Crippen molar-refractivity contribution in [3.8, 4) is 11.3 Å². The van der Waals surface area contributed by atoms with E-state index in [1.165, 1.54) is 0 Å². The average molecular weight is 441 g/mol. The number of pyridine rings is 1. The molecule has 0 saturated carbocycles. The molecule has 2 aromatic carbocycles. The SMILES string of the molecule is CCn1ncc2c(C(=O)OCC(=O)N3CCCc4ccccc43)cc(-c3ccccc3)nc21. The molecule has 1 amide bonds. The Hall–Kier alpha value is -4.00. The molecule has 0 spiro atoms. The van der Waals surface area contributed by atoms with Gasteiger partial charge in [0.15, 0.2) is 12.3 Å². The third kappa shape index (κ3) is 3.98. The highest BCUT2D eigenvalue weighted by molar-refractivity contribution is 6.05. The zero-order valence-electron chi connectivity index (χ0n) is 18.4. The van der Waals surface area contributed by atoms with Crippen molar-refractivity contribution in [1.82, 2.24) is 14.8 Å². The van der Waals surface area contributed by atoms with Crippen molar-refractivity contribution in [3.63, 3.8) is 0 Å². The first-order valence-corrected chi connectivity index (χ1v) is 11.1. The van der Waals surface area contributed by atoms with Gasteiger partial charge in [-0.3, -0.25) is 4.79 Å². The van der Waals surface area contributed by atoms with Crippen LogP contribution in [0.4, 0.5) is 5.69 Å². The van der Waals surface area contributed by atoms with Gasteiger partial charge in [0.05, 0.1) is 22.8 Å². The third-order valence-electron chi connectivity index (χ3n) is 5.94. The minimum atomic E-state index is -0.561. The number of anilines is 1. The molecule has 0 unspecified atom stereocenters. The summed E-state index contributed by atoms with van der Waals surface area (Å²) in [6.07, 6.45) is 3.45. The summed E-state index contributed by atoms with van der Waals surface area (Å²) in [4.78, 5) is 32.5. The Labute approximate surface area is 191 Å². The summed E-state index contributed by atoms with van der Waals surface area (Å²) in [5.74, 6) is -0.790. The van der Waals surface area contributed by atoms with Crippen LogP contribution in [0.1, 0.15) is 29.3 Å². The summed E-state index contributed by atoms with van der Waals surface area (Å²) in [5, 5.41) is 4.97. The van der Waals surface area contributed by atoms with Crippen molar-refractivity contribution in [2.24, 2.45) is 0 Å². The summed E-state index contributed by atoms with van der Waals surface area (Å²) < 4.78 is 7.25. The second-order valence-electron chi connectivity index (χ2n) is 7.97. The number of rotatable bonds is 5. The van der Waals surface area contributed by atoms with Crippen molar-refractivity contribution in [1.29, 1.82) is 0 Å². The fourth-order valence-electron chi connectivity index (χ4n) is 4.28. The lowest BCUT2D eigenvalue weighted by Gasteiger charge is -2.29. The van der Waals surface area contributed by atoms with E-state index < -0.39 is 5.97 Å². The molecule has 0 aliphatic carbocycles.